The van der Waals surface area contributed by atoms with Crippen LogP contribution in [0.25, 0.3) is 0 Å². The lowest BCUT2D eigenvalue weighted by atomic mass is 10.0. The van der Waals surface area contributed by atoms with E-state index in [1.54, 1.807) is 42.5 Å². The first-order valence-electron chi connectivity index (χ1n) is 14.7. The fraction of sp³-hybridized carbons (Fsp3) is 0.257. The standard InChI is InChI=1S/C35H37Cl2N3O4S/c1-4-19-38-35(42)33(21-27-9-6-5-7-10-27)39(23-28-11-8-12-29(36)20-28)34(41)24-40(30-16-15-26(3)32(37)22-30)45(43,44)31-17-13-25(2)14-18-31/h5-18,20,22,33H,4,19,21,23-24H2,1-3H3,(H,38,42)/t33-/m0/s1. The summed E-state index contributed by atoms with van der Waals surface area (Å²) < 4.78 is 29.4. The first-order chi connectivity index (χ1) is 21.5. The normalized spacial score (nSPS) is 11.9. The summed E-state index contributed by atoms with van der Waals surface area (Å²) >= 11 is 12.7. The van der Waals surface area contributed by atoms with Crippen LogP contribution in [-0.4, -0.2) is 44.3 Å². The lowest BCUT2D eigenvalue weighted by Gasteiger charge is -2.34. The van der Waals surface area contributed by atoms with E-state index in [9.17, 15) is 18.0 Å². The number of carbonyl (C=O) groups excluding carboxylic acids is 2. The predicted octanol–water partition coefficient (Wildman–Crippen LogP) is 6.97. The summed E-state index contributed by atoms with van der Waals surface area (Å²) in [6.07, 6.45) is 0.937. The van der Waals surface area contributed by atoms with E-state index < -0.39 is 28.5 Å². The number of amides is 2. The van der Waals surface area contributed by atoms with Crippen LogP contribution >= 0.6 is 23.2 Å². The average Bonchev–Trinajstić information content (AvgIpc) is 3.02. The Hall–Kier alpha value is -3.85. The molecule has 0 spiro atoms. The molecule has 0 aromatic heterocycles. The van der Waals surface area contributed by atoms with Crippen molar-refractivity contribution in [1.29, 1.82) is 0 Å². The third-order valence-electron chi connectivity index (χ3n) is 7.39. The predicted molar refractivity (Wildman–Crippen MR) is 181 cm³/mol. The Bertz CT molecular complexity index is 1730. The van der Waals surface area contributed by atoms with Crippen LogP contribution < -0.4 is 9.62 Å². The van der Waals surface area contributed by atoms with Crippen molar-refractivity contribution in [2.24, 2.45) is 0 Å². The maximum Gasteiger partial charge on any atom is 0.264 e. The fourth-order valence-corrected chi connectivity index (χ4v) is 6.65. The number of nitrogens with one attached hydrogen (secondary N) is 1. The minimum atomic E-state index is -4.22. The van der Waals surface area contributed by atoms with Gasteiger partial charge in [0.2, 0.25) is 11.8 Å². The molecular formula is C35H37Cl2N3O4S. The molecule has 0 saturated carbocycles. The number of nitrogens with zero attached hydrogens (tertiary/aromatic N) is 2. The first-order valence-corrected chi connectivity index (χ1v) is 16.9. The van der Waals surface area contributed by atoms with Crippen molar-refractivity contribution in [3.63, 3.8) is 0 Å². The number of carbonyl (C=O) groups is 2. The smallest absolute Gasteiger partial charge is 0.264 e. The second kappa shape index (κ2) is 15.4. The summed E-state index contributed by atoms with van der Waals surface area (Å²) in [6.45, 7) is 5.51. The Labute approximate surface area is 275 Å². The Morgan fingerprint density at radius 2 is 1.53 bits per heavy atom. The summed E-state index contributed by atoms with van der Waals surface area (Å²) in [5.74, 6) is -0.891. The molecule has 0 aliphatic rings. The van der Waals surface area contributed by atoms with Gasteiger partial charge in [-0.3, -0.25) is 13.9 Å². The molecule has 2 amide bonds. The molecule has 0 heterocycles. The number of halogens is 2. The van der Waals surface area contributed by atoms with Gasteiger partial charge in [0.1, 0.15) is 12.6 Å². The molecule has 7 nitrogen and oxygen atoms in total. The van der Waals surface area contributed by atoms with E-state index in [0.717, 1.165) is 21.0 Å². The van der Waals surface area contributed by atoms with Crippen LogP contribution in [-0.2, 0) is 32.6 Å². The molecule has 4 rings (SSSR count). The van der Waals surface area contributed by atoms with Crippen molar-refractivity contribution in [2.45, 2.75) is 51.1 Å². The second-order valence-corrected chi connectivity index (χ2v) is 13.6. The molecule has 0 aliphatic heterocycles. The van der Waals surface area contributed by atoms with Gasteiger partial charge < -0.3 is 10.2 Å². The molecule has 0 unspecified atom stereocenters. The van der Waals surface area contributed by atoms with Crippen LogP contribution in [0.15, 0.2) is 102 Å². The minimum Gasteiger partial charge on any atom is -0.354 e. The van der Waals surface area contributed by atoms with Gasteiger partial charge in [-0.1, -0.05) is 96.4 Å². The van der Waals surface area contributed by atoms with Gasteiger partial charge in [-0.15, -0.1) is 0 Å². The van der Waals surface area contributed by atoms with Gasteiger partial charge in [-0.2, -0.15) is 0 Å². The average molecular weight is 667 g/mol. The zero-order valence-electron chi connectivity index (χ0n) is 25.5. The Morgan fingerprint density at radius 1 is 0.844 bits per heavy atom. The van der Waals surface area contributed by atoms with E-state index >= 15 is 0 Å². The van der Waals surface area contributed by atoms with Crippen molar-refractivity contribution in [2.75, 3.05) is 17.4 Å². The maximum absolute atomic E-state index is 14.5. The highest BCUT2D eigenvalue weighted by molar-refractivity contribution is 7.92. The molecule has 0 aliphatic carbocycles. The highest BCUT2D eigenvalue weighted by atomic mass is 35.5. The van der Waals surface area contributed by atoms with Crippen LogP contribution in [0.1, 0.15) is 35.6 Å². The van der Waals surface area contributed by atoms with Crippen LogP contribution in [0, 0.1) is 13.8 Å². The first kappa shape index (κ1) is 34.0. The number of aryl methyl sites for hydroxylation is 2. The molecule has 1 N–H and O–H groups in total. The second-order valence-electron chi connectivity index (χ2n) is 10.9. The summed E-state index contributed by atoms with van der Waals surface area (Å²) in [5.41, 5.74) is 3.44. The van der Waals surface area contributed by atoms with E-state index in [1.165, 1.54) is 23.1 Å². The number of benzene rings is 4. The number of sulfonamides is 1. The number of hydrogen-bond acceptors (Lipinski definition) is 4. The van der Waals surface area contributed by atoms with E-state index in [-0.39, 0.29) is 29.5 Å². The van der Waals surface area contributed by atoms with E-state index in [2.05, 4.69) is 5.32 Å². The Balaban J connectivity index is 1.81. The van der Waals surface area contributed by atoms with Gasteiger partial charge in [0.05, 0.1) is 10.6 Å². The molecular weight excluding hydrogens is 629 g/mol. The molecule has 0 fully saturated rings. The summed E-state index contributed by atoms with van der Waals surface area (Å²) in [5, 5.41) is 3.78. The van der Waals surface area contributed by atoms with Gasteiger partial charge in [0, 0.05) is 29.6 Å². The molecule has 45 heavy (non-hydrogen) atoms. The molecule has 1 atom stereocenters. The molecule has 0 saturated heterocycles. The number of hydrogen-bond donors (Lipinski definition) is 1. The molecule has 0 bridgehead atoms. The number of anilines is 1. The van der Waals surface area contributed by atoms with Crippen molar-refractivity contribution in [3.05, 3.63) is 129 Å². The quantitative estimate of drug-likeness (QED) is 0.167. The monoisotopic (exact) mass is 665 g/mol. The summed E-state index contributed by atoms with van der Waals surface area (Å²) in [7, 11) is -4.22. The fourth-order valence-electron chi connectivity index (χ4n) is 4.86. The zero-order valence-corrected chi connectivity index (χ0v) is 27.9. The van der Waals surface area contributed by atoms with Gasteiger partial charge in [0.25, 0.3) is 10.0 Å². The lowest BCUT2D eigenvalue weighted by Crippen LogP contribution is -2.53. The van der Waals surface area contributed by atoms with Crippen LogP contribution in [0.3, 0.4) is 0 Å². The Kier molecular flexibility index (Phi) is 11.7. The van der Waals surface area contributed by atoms with Gasteiger partial charge >= 0.3 is 0 Å². The zero-order chi connectivity index (χ0) is 32.6. The maximum atomic E-state index is 14.5. The van der Waals surface area contributed by atoms with E-state index in [4.69, 9.17) is 23.2 Å². The summed E-state index contributed by atoms with van der Waals surface area (Å²) in [4.78, 5) is 29.7. The highest BCUT2D eigenvalue weighted by Crippen LogP contribution is 2.29. The van der Waals surface area contributed by atoms with E-state index in [1.807, 2.05) is 57.2 Å². The van der Waals surface area contributed by atoms with Gasteiger partial charge in [-0.05, 0) is 73.4 Å². The van der Waals surface area contributed by atoms with Gasteiger partial charge in [0.15, 0.2) is 0 Å². The van der Waals surface area contributed by atoms with Crippen LogP contribution in [0.2, 0.25) is 10.0 Å². The van der Waals surface area contributed by atoms with Crippen LogP contribution in [0.5, 0.6) is 0 Å². The molecule has 4 aromatic rings. The highest BCUT2D eigenvalue weighted by Gasteiger charge is 2.34. The van der Waals surface area contributed by atoms with Crippen LogP contribution in [0.4, 0.5) is 5.69 Å². The van der Waals surface area contributed by atoms with Crippen molar-refractivity contribution >= 4 is 50.7 Å². The SMILES string of the molecule is CCCNC(=O)[C@H](Cc1ccccc1)N(Cc1cccc(Cl)c1)C(=O)CN(c1ccc(C)c(Cl)c1)S(=O)(=O)c1ccc(C)cc1. The van der Waals surface area contributed by atoms with Crippen molar-refractivity contribution in [1.82, 2.24) is 10.2 Å². The molecule has 0 radical (unpaired) electrons. The van der Waals surface area contributed by atoms with E-state index in [0.29, 0.717) is 28.6 Å². The van der Waals surface area contributed by atoms with Crippen molar-refractivity contribution < 1.29 is 18.0 Å². The Morgan fingerprint density at radius 3 is 2.18 bits per heavy atom. The third-order valence-corrected chi connectivity index (χ3v) is 9.82. The van der Waals surface area contributed by atoms with Gasteiger partial charge in [-0.25, -0.2) is 8.42 Å². The molecule has 4 aromatic carbocycles. The minimum absolute atomic E-state index is 0.0283. The molecule has 236 valence electrons. The van der Waals surface area contributed by atoms with Crippen molar-refractivity contribution in [3.8, 4) is 0 Å². The molecule has 10 heteroatoms. The largest absolute Gasteiger partial charge is 0.354 e. The summed E-state index contributed by atoms with van der Waals surface area (Å²) in [6, 6.07) is 26.8. The lowest BCUT2D eigenvalue weighted by molar-refractivity contribution is -0.140. The topological polar surface area (TPSA) is 86.8 Å². The third kappa shape index (κ3) is 8.87. The number of rotatable bonds is 13.